The molecule has 0 aliphatic rings. The van der Waals surface area contributed by atoms with Crippen LogP contribution in [0.15, 0.2) is 0 Å². The maximum Gasteiger partial charge on any atom is 0.303 e. The Labute approximate surface area is 375 Å². The van der Waals surface area contributed by atoms with Gasteiger partial charge in [0.15, 0.2) is 0 Å². The highest BCUT2D eigenvalue weighted by molar-refractivity contribution is 5.66. The fourth-order valence-electron chi connectivity index (χ4n) is 7.58. The van der Waals surface area contributed by atoms with E-state index in [1.54, 1.807) is 0 Å². The molecule has 0 aromatic heterocycles. The van der Waals surface area contributed by atoms with Crippen LogP contribution in [0.2, 0.25) is 0 Å². The molecule has 60 heavy (non-hydrogen) atoms. The second-order valence-electron chi connectivity index (χ2n) is 17.5. The Bertz CT molecular complexity index is 752. The van der Waals surface area contributed by atoms with Gasteiger partial charge in [-0.25, -0.2) is 0 Å². The molecule has 0 heterocycles. The van der Waals surface area contributed by atoms with E-state index < -0.39 is 17.9 Å². The van der Waals surface area contributed by atoms with Gasteiger partial charge in [0.05, 0.1) is 0 Å². The molecule has 0 spiro atoms. The quantitative estimate of drug-likeness (QED) is 0.0510. The van der Waals surface area contributed by atoms with E-state index in [0.29, 0.717) is 6.42 Å². The summed E-state index contributed by atoms with van der Waals surface area (Å²) in [6.45, 7) is 6.79. The number of rotatable bonds is 46. The molecular weight excluding hydrogens is 749 g/mol. The van der Waals surface area contributed by atoms with Gasteiger partial charge in [-0.1, -0.05) is 278 Å². The minimum atomic E-state index is -0.903. The summed E-state index contributed by atoms with van der Waals surface area (Å²) in [5.74, 6) is -2.46. The van der Waals surface area contributed by atoms with E-state index in [4.69, 9.17) is 5.11 Å². The second-order valence-corrected chi connectivity index (χ2v) is 17.5. The summed E-state index contributed by atoms with van der Waals surface area (Å²) >= 11 is 0. The van der Waals surface area contributed by atoms with Gasteiger partial charge in [0.2, 0.25) is 0 Å². The lowest BCUT2D eigenvalue weighted by atomic mass is 10.0. The monoisotopic (exact) mass is 859 g/mol. The highest BCUT2D eigenvalue weighted by Crippen LogP contribution is 2.16. The van der Waals surface area contributed by atoms with Crippen molar-refractivity contribution in [1.82, 2.24) is 12.3 Å². The fourth-order valence-corrected chi connectivity index (χ4v) is 7.58. The molecular formula is C52H110N2O6. The van der Waals surface area contributed by atoms with Crippen molar-refractivity contribution in [2.24, 2.45) is 0 Å². The predicted octanol–water partition coefficient (Wildman–Crippen LogP) is 16.3. The normalized spacial score (nSPS) is 10.4. The zero-order chi connectivity index (χ0) is 43.3. The van der Waals surface area contributed by atoms with Crippen LogP contribution in [0.3, 0.4) is 0 Å². The Hall–Kier alpha value is -1.67. The number of unbranched alkanes of at least 4 members (excludes halogenated alkanes) is 40. The van der Waals surface area contributed by atoms with Gasteiger partial charge >= 0.3 is 5.97 Å². The van der Waals surface area contributed by atoms with Gasteiger partial charge in [0.1, 0.15) is 0 Å². The third-order valence-electron chi connectivity index (χ3n) is 11.5. The smallest absolute Gasteiger partial charge is 0.303 e. The van der Waals surface area contributed by atoms with Crippen LogP contribution in [0.1, 0.15) is 316 Å². The summed E-state index contributed by atoms with van der Waals surface area (Å²) in [6.07, 6.45) is 57.0. The number of aliphatic carboxylic acids is 3. The summed E-state index contributed by atoms with van der Waals surface area (Å²) in [5.41, 5.74) is 0. The van der Waals surface area contributed by atoms with Crippen molar-refractivity contribution >= 4 is 17.9 Å². The van der Waals surface area contributed by atoms with Crippen LogP contribution in [0.4, 0.5) is 0 Å². The molecule has 0 unspecified atom stereocenters. The van der Waals surface area contributed by atoms with Crippen LogP contribution in [0.5, 0.6) is 0 Å². The predicted molar refractivity (Wildman–Crippen MR) is 259 cm³/mol. The zero-order valence-corrected chi connectivity index (χ0v) is 41.5. The fraction of sp³-hybridized carbons (Fsp3) is 0.942. The molecule has 0 atom stereocenters. The highest BCUT2D eigenvalue weighted by atomic mass is 16.4. The third kappa shape index (κ3) is 77.0. The van der Waals surface area contributed by atoms with Gasteiger partial charge in [0, 0.05) is 18.4 Å². The van der Waals surface area contributed by atoms with Crippen molar-refractivity contribution in [3.8, 4) is 0 Å². The van der Waals surface area contributed by atoms with Gasteiger partial charge in [-0.05, 0) is 32.1 Å². The van der Waals surface area contributed by atoms with Gasteiger partial charge in [-0.2, -0.15) is 0 Å². The zero-order valence-electron chi connectivity index (χ0n) is 41.5. The van der Waals surface area contributed by atoms with Crippen molar-refractivity contribution in [1.29, 1.82) is 0 Å². The van der Waals surface area contributed by atoms with Crippen LogP contribution < -0.4 is 22.5 Å². The van der Waals surface area contributed by atoms with Crippen LogP contribution in [-0.2, 0) is 14.4 Å². The SMILES string of the molecule is CCCCCCCCCCCCCCCC(=O)O.CCCCCCCCCCCCCCCCCC(=O)[O-].CCCCCCCCCCCCCCCCCC(=O)[O-].[NH4+].[NH4+]. The van der Waals surface area contributed by atoms with Gasteiger partial charge in [-0.15, -0.1) is 0 Å². The third-order valence-corrected chi connectivity index (χ3v) is 11.5. The largest absolute Gasteiger partial charge is 0.550 e. The molecule has 0 aliphatic heterocycles. The van der Waals surface area contributed by atoms with Gasteiger partial charge < -0.3 is 37.2 Å². The number of hydrogen-bond acceptors (Lipinski definition) is 5. The second kappa shape index (κ2) is 64.0. The minimum absolute atomic E-state index is 0. The molecule has 0 amide bonds. The Morgan fingerprint density at radius 1 is 0.267 bits per heavy atom. The molecule has 0 fully saturated rings. The highest BCUT2D eigenvalue weighted by Gasteiger charge is 1.98. The molecule has 0 radical (unpaired) electrons. The first-order chi connectivity index (χ1) is 28.3. The molecule has 0 aromatic carbocycles. The van der Waals surface area contributed by atoms with Crippen molar-refractivity contribution in [3.05, 3.63) is 0 Å². The maximum atomic E-state index is 10.3. The van der Waals surface area contributed by atoms with Crippen molar-refractivity contribution in [2.75, 3.05) is 0 Å². The first-order valence-corrected chi connectivity index (χ1v) is 25.9. The number of carboxylic acid groups (broad SMARTS) is 3. The lowest BCUT2D eigenvalue weighted by Crippen LogP contribution is -2.21. The molecule has 0 saturated carbocycles. The summed E-state index contributed by atoms with van der Waals surface area (Å²) in [5, 5.41) is 28.9. The summed E-state index contributed by atoms with van der Waals surface area (Å²) in [6, 6.07) is 0. The molecule has 0 saturated heterocycles. The standard InChI is InChI=1S/2C18H36O2.C16H32O2.2H3N/c2*1-2-3-4-5-6-7-8-9-10-11-12-13-14-15-16-17-18(19)20;1-2-3-4-5-6-7-8-9-10-11-12-13-14-15-16(17)18;;/h2*2-17H2,1H3,(H,19,20);2-15H2,1H3,(H,17,18);2*1H3. The first kappa shape index (κ1) is 67.4. The molecule has 9 N–H and O–H groups in total. The molecule has 0 rings (SSSR count). The van der Waals surface area contributed by atoms with E-state index in [0.717, 1.165) is 38.5 Å². The molecule has 8 heteroatoms. The van der Waals surface area contributed by atoms with Crippen LogP contribution >= 0.6 is 0 Å². The van der Waals surface area contributed by atoms with E-state index >= 15 is 0 Å². The van der Waals surface area contributed by atoms with Gasteiger partial charge in [-0.3, -0.25) is 4.79 Å². The van der Waals surface area contributed by atoms with Crippen LogP contribution in [0, 0.1) is 0 Å². The topological polar surface area (TPSA) is 191 Å². The first-order valence-electron chi connectivity index (χ1n) is 25.9. The average Bonchev–Trinajstić information content (AvgIpc) is 3.20. The molecule has 0 aromatic rings. The number of carbonyl (C=O) groups excluding carboxylic acids is 2. The number of carboxylic acids is 3. The number of carbonyl (C=O) groups is 3. The number of hydrogen-bond donors (Lipinski definition) is 3. The lowest BCUT2D eigenvalue weighted by Gasteiger charge is -2.04. The van der Waals surface area contributed by atoms with E-state index in [1.807, 2.05) is 0 Å². The number of quaternary nitrogens is 2. The van der Waals surface area contributed by atoms with E-state index in [9.17, 15) is 24.6 Å². The summed E-state index contributed by atoms with van der Waals surface area (Å²) in [4.78, 5) is 30.7. The van der Waals surface area contributed by atoms with Crippen LogP contribution in [0.25, 0.3) is 0 Å². The van der Waals surface area contributed by atoms with Crippen LogP contribution in [-0.4, -0.2) is 23.0 Å². The van der Waals surface area contributed by atoms with Crippen molar-refractivity contribution < 1.29 is 29.7 Å². The molecule has 8 nitrogen and oxygen atoms in total. The molecule has 364 valence electrons. The Kier molecular flexibility index (Phi) is 71.9. The van der Waals surface area contributed by atoms with Gasteiger partial charge in [0.25, 0.3) is 0 Å². The Morgan fingerprint density at radius 3 is 0.533 bits per heavy atom. The lowest BCUT2D eigenvalue weighted by molar-refractivity contribution is -0.307. The minimum Gasteiger partial charge on any atom is -0.550 e. The average molecular weight is 859 g/mol. The molecule has 0 bridgehead atoms. The van der Waals surface area contributed by atoms with E-state index in [-0.39, 0.29) is 25.1 Å². The van der Waals surface area contributed by atoms with E-state index in [2.05, 4.69) is 20.8 Å². The Balaban J connectivity index is -0.000000248. The summed E-state index contributed by atoms with van der Waals surface area (Å²) < 4.78 is 0. The molecule has 0 aliphatic carbocycles. The maximum absolute atomic E-state index is 10.3. The van der Waals surface area contributed by atoms with Crippen molar-refractivity contribution in [2.45, 2.75) is 316 Å². The summed E-state index contributed by atoms with van der Waals surface area (Å²) in [7, 11) is 0. The Morgan fingerprint density at radius 2 is 0.400 bits per heavy atom. The van der Waals surface area contributed by atoms with E-state index in [1.165, 1.54) is 238 Å². The van der Waals surface area contributed by atoms with Crippen molar-refractivity contribution in [3.63, 3.8) is 0 Å².